The minimum atomic E-state index is 0.194. The van der Waals surface area contributed by atoms with Crippen LogP contribution in [0.5, 0.6) is 0 Å². The molecule has 4 nitrogen and oxygen atoms in total. The van der Waals surface area contributed by atoms with Crippen LogP contribution in [0.4, 0.5) is 5.69 Å². The van der Waals surface area contributed by atoms with E-state index in [0.717, 1.165) is 29.0 Å². The summed E-state index contributed by atoms with van der Waals surface area (Å²) < 4.78 is 3.88. The van der Waals surface area contributed by atoms with Crippen molar-refractivity contribution >= 4 is 50.3 Å². The van der Waals surface area contributed by atoms with Crippen LogP contribution in [0.3, 0.4) is 0 Å². The van der Waals surface area contributed by atoms with Crippen molar-refractivity contribution in [3.8, 4) is 5.40 Å². The molecular weight excluding hydrogens is 407 g/mol. The topological polar surface area (TPSA) is 64.3 Å². The molecule has 0 fully saturated rings. The fourth-order valence-corrected chi connectivity index (χ4v) is 2.41. The molecule has 1 heterocycles. The Morgan fingerprint density at radius 3 is 2.21 bits per heavy atom. The van der Waals surface area contributed by atoms with E-state index in [1.54, 1.807) is 12.4 Å². The van der Waals surface area contributed by atoms with Crippen molar-refractivity contribution in [1.29, 1.82) is 5.26 Å². The summed E-state index contributed by atoms with van der Waals surface area (Å²) in [4.78, 5) is 7.74. The second-order valence-corrected chi connectivity index (χ2v) is 7.24. The minimum absolute atomic E-state index is 0.194. The van der Waals surface area contributed by atoms with Crippen LogP contribution in [0.25, 0.3) is 0 Å². The zero-order valence-electron chi connectivity index (χ0n) is 13.3. The van der Waals surface area contributed by atoms with Crippen molar-refractivity contribution in [2.75, 3.05) is 0 Å². The first-order valence-corrected chi connectivity index (χ1v) is 10.6. The van der Waals surface area contributed by atoms with Gasteiger partial charge in [-0.05, 0) is 44.0 Å². The van der Waals surface area contributed by atoms with Gasteiger partial charge in [-0.25, -0.2) is 4.40 Å². The quantitative estimate of drug-likeness (QED) is 0.301. The molecule has 128 valence electrons. The Balaban J connectivity index is 0.000000891. The van der Waals surface area contributed by atoms with E-state index in [-0.39, 0.29) is 13.1 Å². The SMILES string of the molecule is Cc1cc(C)c(N=Cc2ccc(/C=N/SC#N)[nH]2)c(C)c1.[Cl][Fe][Cl]. The molecule has 2 aromatic rings. The van der Waals surface area contributed by atoms with Crippen LogP contribution in [0.15, 0.2) is 33.7 Å². The maximum atomic E-state index is 8.40. The number of H-pyrrole nitrogens is 1. The summed E-state index contributed by atoms with van der Waals surface area (Å²) in [5.74, 6) is 0. The molecule has 0 saturated carbocycles. The molecule has 0 amide bonds. The van der Waals surface area contributed by atoms with Crippen LogP contribution in [0.1, 0.15) is 28.1 Å². The summed E-state index contributed by atoms with van der Waals surface area (Å²) in [6.07, 6.45) is 3.42. The van der Waals surface area contributed by atoms with Gasteiger partial charge < -0.3 is 4.98 Å². The average molecular weight is 423 g/mol. The summed E-state index contributed by atoms with van der Waals surface area (Å²) in [5, 5.41) is 10.3. The second kappa shape index (κ2) is 11.4. The molecule has 0 aliphatic rings. The molecule has 0 spiro atoms. The normalized spacial score (nSPS) is 10.8. The van der Waals surface area contributed by atoms with Crippen molar-refractivity contribution in [2.24, 2.45) is 9.39 Å². The van der Waals surface area contributed by atoms with Crippen molar-refractivity contribution in [2.45, 2.75) is 20.8 Å². The first kappa shape index (κ1) is 20.8. The van der Waals surface area contributed by atoms with Gasteiger partial charge >= 0.3 is 33.3 Å². The van der Waals surface area contributed by atoms with Crippen LogP contribution in [-0.2, 0) is 13.1 Å². The molecule has 0 bridgehead atoms. The Bertz CT molecular complexity index is 743. The molecule has 0 saturated heterocycles. The molecule has 0 atom stereocenters. The molecule has 2 rings (SSSR count). The molecule has 8 heteroatoms. The van der Waals surface area contributed by atoms with Crippen molar-refractivity contribution in [1.82, 2.24) is 4.98 Å². The Hall–Kier alpha value is -1.22. The van der Waals surface area contributed by atoms with E-state index in [1.165, 1.54) is 16.7 Å². The Labute approximate surface area is 161 Å². The van der Waals surface area contributed by atoms with Crippen molar-refractivity contribution < 1.29 is 13.1 Å². The average Bonchev–Trinajstić information content (AvgIpc) is 2.95. The maximum absolute atomic E-state index is 8.40. The Kier molecular flexibility index (Phi) is 9.85. The molecular formula is C16H16Cl2FeN4S. The van der Waals surface area contributed by atoms with E-state index in [0.29, 0.717) is 0 Å². The number of thiocyanates is 1. The predicted octanol–water partition coefficient (Wildman–Crippen LogP) is 5.62. The third-order valence-corrected chi connectivity index (χ3v) is 3.28. The third-order valence-electron chi connectivity index (χ3n) is 2.98. The molecule has 24 heavy (non-hydrogen) atoms. The number of aromatic nitrogens is 1. The van der Waals surface area contributed by atoms with Crippen molar-refractivity contribution in [3.63, 3.8) is 0 Å². The fraction of sp³-hybridized carbons (Fsp3) is 0.188. The van der Waals surface area contributed by atoms with Crippen LogP contribution < -0.4 is 0 Å². The van der Waals surface area contributed by atoms with Crippen LogP contribution in [0, 0.1) is 31.4 Å². The number of hydrogen-bond acceptors (Lipinski definition) is 4. The summed E-state index contributed by atoms with van der Waals surface area (Å²) in [5.41, 5.74) is 6.34. The molecule has 0 unspecified atom stereocenters. The van der Waals surface area contributed by atoms with E-state index in [4.69, 9.17) is 25.5 Å². The van der Waals surface area contributed by atoms with E-state index < -0.39 is 0 Å². The van der Waals surface area contributed by atoms with Gasteiger partial charge in [-0.1, -0.05) is 17.7 Å². The standard InChI is InChI=1S/C16H16N4S.2ClH.Fe/c1-11-6-12(2)16(13(3)7-11)18-8-14-4-5-15(20-14)9-19-21-10-17;;;/h4-9,20H,1-3H3;2*1H;/q;;;+2/p-2/b18-8?,19-9+;;;. The number of nitrogens with zero attached hydrogens (tertiary/aromatic N) is 3. The van der Waals surface area contributed by atoms with E-state index in [1.807, 2.05) is 17.5 Å². The summed E-state index contributed by atoms with van der Waals surface area (Å²) in [6, 6.07) is 8.09. The molecule has 1 N–H and O–H groups in total. The van der Waals surface area contributed by atoms with Gasteiger partial charge in [0.15, 0.2) is 5.40 Å². The number of nitrogens with one attached hydrogen (secondary N) is 1. The van der Waals surface area contributed by atoms with E-state index >= 15 is 0 Å². The van der Waals surface area contributed by atoms with Gasteiger partial charge in [0.1, 0.15) is 0 Å². The van der Waals surface area contributed by atoms with Crippen LogP contribution >= 0.6 is 32.1 Å². The summed E-state index contributed by atoms with van der Waals surface area (Å²) in [7, 11) is 9.53. The summed E-state index contributed by atoms with van der Waals surface area (Å²) in [6.45, 7) is 6.22. The monoisotopic (exact) mass is 422 g/mol. The zero-order chi connectivity index (χ0) is 17.9. The van der Waals surface area contributed by atoms with Gasteiger partial charge in [0.2, 0.25) is 0 Å². The molecule has 1 aromatic heterocycles. The van der Waals surface area contributed by atoms with Gasteiger partial charge in [0.05, 0.1) is 41.5 Å². The van der Waals surface area contributed by atoms with Crippen molar-refractivity contribution in [3.05, 3.63) is 52.3 Å². The third kappa shape index (κ3) is 7.12. The van der Waals surface area contributed by atoms with Gasteiger partial charge in [-0.3, -0.25) is 4.99 Å². The first-order valence-electron chi connectivity index (χ1n) is 6.76. The predicted molar refractivity (Wildman–Crippen MR) is 101 cm³/mol. The number of nitriles is 1. The van der Waals surface area contributed by atoms with Gasteiger partial charge in [-0.2, -0.15) is 5.26 Å². The number of rotatable bonds is 4. The number of aromatic amines is 1. The fourth-order valence-electron chi connectivity index (χ4n) is 2.20. The molecule has 1 aromatic carbocycles. The molecule has 0 radical (unpaired) electrons. The van der Waals surface area contributed by atoms with Crippen LogP contribution in [0.2, 0.25) is 0 Å². The van der Waals surface area contributed by atoms with Gasteiger partial charge in [-0.15, -0.1) is 0 Å². The second-order valence-electron chi connectivity index (χ2n) is 4.84. The summed E-state index contributed by atoms with van der Waals surface area (Å²) >= 11 is 1.04. The zero-order valence-corrected chi connectivity index (χ0v) is 16.8. The van der Waals surface area contributed by atoms with Gasteiger partial charge in [0.25, 0.3) is 0 Å². The number of aliphatic imine (C=N–C) groups is 1. The molecule has 0 aliphatic heterocycles. The van der Waals surface area contributed by atoms with E-state index in [2.05, 4.69) is 47.3 Å². The number of halogens is 2. The molecule has 0 aliphatic carbocycles. The van der Waals surface area contributed by atoms with Crippen LogP contribution in [-0.4, -0.2) is 17.4 Å². The number of aryl methyl sites for hydroxylation is 3. The number of hydrogen-bond donors (Lipinski definition) is 1. The Morgan fingerprint density at radius 1 is 1.12 bits per heavy atom. The number of benzene rings is 1. The Morgan fingerprint density at radius 2 is 1.67 bits per heavy atom. The van der Waals surface area contributed by atoms with E-state index in [9.17, 15) is 0 Å². The first-order chi connectivity index (χ1) is 11.5. The van der Waals surface area contributed by atoms with Gasteiger partial charge in [0, 0.05) is 0 Å².